The van der Waals surface area contributed by atoms with Gasteiger partial charge in [-0.25, -0.2) is 4.98 Å². The minimum Gasteiger partial charge on any atom is -0.354 e. The molecule has 5 heteroatoms. The van der Waals surface area contributed by atoms with Gasteiger partial charge in [-0.15, -0.1) is 0 Å². The molecule has 2 rings (SSSR count). The van der Waals surface area contributed by atoms with Crippen molar-refractivity contribution in [1.82, 2.24) is 9.97 Å². The van der Waals surface area contributed by atoms with E-state index in [1.165, 1.54) is 5.56 Å². The molecule has 0 bridgehead atoms. The number of hydrogen-bond acceptors (Lipinski definition) is 4. The zero-order valence-corrected chi connectivity index (χ0v) is 13.4. The average Bonchev–Trinajstić information content (AvgIpc) is 2.52. The van der Waals surface area contributed by atoms with E-state index >= 15 is 0 Å². The minimum atomic E-state index is 0.205. The first-order chi connectivity index (χ1) is 10.1. The topological polar surface area (TPSA) is 41.1 Å². The fourth-order valence-electron chi connectivity index (χ4n) is 2.03. The fraction of sp³-hybridized carbons (Fsp3) is 0.375. The second kappa shape index (κ2) is 7.27. The number of hydrogen-bond donors (Lipinski definition) is 1. The van der Waals surface area contributed by atoms with Gasteiger partial charge in [-0.1, -0.05) is 30.7 Å². The highest BCUT2D eigenvalue weighted by Crippen LogP contribution is 2.25. The van der Waals surface area contributed by atoms with Crippen LogP contribution in [0.25, 0.3) is 0 Å². The molecule has 0 aliphatic rings. The highest BCUT2D eigenvalue weighted by molar-refractivity contribution is 6.30. The smallest absolute Gasteiger partial charge is 0.224 e. The van der Waals surface area contributed by atoms with E-state index in [0.29, 0.717) is 5.95 Å². The van der Waals surface area contributed by atoms with Gasteiger partial charge in [0.15, 0.2) is 0 Å². The summed E-state index contributed by atoms with van der Waals surface area (Å²) in [6, 6.07) is 10.0. The monoisotopic (exact) mass is 304 g/mol. The summed E-state index contributed by atoms with van der Waals surface area (Å²) < 4.78 is 0. The van der Waals surface area contributed by atoms with Gasteiger partial charge in [-0.3, -0.25) is 0 Å². The molecule has 21 heavy (non-hydrogen) atoms. The summed E-state index contributed by atoms with van der Waals surface area (Å²) in [7, 11) is 2.03. The van der Waals surface area contributed by atoms with Crippen LogP contribution >= 0.6 is 11.6 Å². The molecule has 0 aliphatic heterocycles. The lowest BCUT2D eigenvalue weighted by molar-refractivity contribution is 0.727. The molecule has 0 amide bonds. The van der Waals surface area contributed by atoms with E-state index in [9.17, 15) is 0 Å². The Kier molecular flexibility index (Phi) is 5.39. The molecule has 0 saturated carbocycles. The number of aromatic nitrogens is 2. The molecule has 0 aliphatic carbocycles. The molecule has 112 valence electrons. The van der Waals surface area contributed by atoms with Crippen LogP contribution in [0.15, 0.2) is 36.5 Å². The van der Waals surface area contributed by atoms with Crippen molar-refractivity contribution >= 4 is 23.4 Å². The van der Waals surface area contributed by atoms with Crippen molar-refractivity contribution in [2.75, 3.05) is 23.8 Å². The Morgan fingerprint density at radius 1 is 1.24 bits per heavy atom. The van der Waals surface area contributed by atoms with Crippen LogP contribution in [0, 0.1) is 0 Å². The largest absolute Gasteiger partial charge is 0.354 e. The lowest BCUT2D eigenvalue weighted by Crippen LogP contribution is -2.23. The van der Waals surface area contributed by atoms with Crippen molar-refractivity contribution in [2.45, 2.75) is 26.3 Å². The normalized spacial score (nSPS) is 12.0. The highest BCUT2D eigenvalue weighted by atomic mass is 35.5. The molecule has 1 aromatic heterocycles. The molecule has 1 unspecified atom stereocenters. The summed E-state index contributed by atoms with van der Waals surface area (Å²) in [5.74, 6) is 1.57. The zero-order chi connectivity index (χ0) is 15.2. The Morgan fingerprint density at radius 2 is 1.95 bits per heavy atom. The van der Waals surface area contributed by atoms with Gasteiger partial charge in [0.05, 0.1) is 6.04 Å². The van der Waals surface area contributed by atoms with Gasteiger partial charge in [-0.2, -0.15) is 4.98 Å². The molecule has 1 heterocycles. The van der Waals surface area contributed by atoms with Crippen LogP contribution in [0.1, 0.15) is 31.9 Å². The summed E-state index contributed by atoms with van der Waals surface area (Å²) in [4.78, 5) is 10.9. The Labute approximate surface area is 131 Å². The molecule has 0 spiro atoms. The van der Waals surface area contributed by atoms with Crippen LogP contribution in [-0.4, -0.2) is 23.6 Å². The van der Waals surface area contributed by atoms with Crippen molar-refractivity contribution in [2.24, 2.45) is 0 Å². The molecule has 4 nitrogen and oxygen atoms in total. The first kappa shape index (κ1) is 15.6. The molecule has 2 aromatic rings. The summed E-state index contributed by atoms with van der Waals surface area (Å²) in [5.41, 5.74) is 1.20. The fourth-order valence-corrected chi connectivity index (χ4v) is 2.16. The van der Waals surface area contributed by atoms with E-state index in [-0.39, 0.29) is 6.04 Å². The van der Waals surface area contributed by atoms with Crippen molar-refractivity contribution < 1.29 is 0 Å². The van der Waals surface area contributed by atoms with E-state index in [0.717, 1.165) is 23.8 Å². The van der Waals surface area contributed by atoms with Crippen LogP contribution in [0.2, 0.25) is 5.02 Å². The lowest BCUT2D eigenvalue weighted by Gasteiger charge is -2.26. The Morgan fingerprint density at radius 3 is 2.62 bits per heavy atom. The number of halogens is 1. The van der Waals surface area contributed by atoms with Gasteiger partial charge < -0.3 is 10.2 Å². The third-order valence-electron chi connectivity index (χ3n) is 3.47. The van der Waals surface area contributed by atoms with E-state index in [4.69, 9.17) is 11.6 Å². The molecule has 0 saturated heterocycles. The Hall–Kier alpha value is -1.81. The van der Waals surface area contributed by atoms with Crippen molar-refractivity contribution in [3.8, 4) is 0 Å². The van der Waals surface area contributed by atoms with Gasteiger partial charge in [0.1, 0.15) is 5.82 Å². The summed E-state index contributed by atoms with van der Waals surface area (Å²) in [6.07, 6.45) is 2.83. The molecule has 0 fully saturated rings. The van der Waals surface area contributed by atoms with Crippen LogP contribution < -0.4 is 10.2 Å². The van der Waals surface area contributed by atoms with Gasteiger partial charge >= 0.3 is 0 Å². The maximum Gasteiger partial charge on any atom is 0.224 e. The van der Waals surface area contributed by atoms with Crippen LogP contribution in [0.5, 0.6) is 0 Å². The molecule has 1 aromatic carbocycles. The number of rotatable bonds is 6. The number of nitrogens with zero attached hydrogens (tertiary/aromatic N) is 3. The first-order valence-corrected chi connectivity index (χ1v) is 7.55. The SMILES string of the molecule is CCCNc1nccc(N(C)C(C)c2ccc(Cl)cc2)n1. The van der Waals surface area contributed by atoms with Gasteiger partial charge in [0, 0.05) is 24.8 Å². The van der Waals surface area contributed by atoms with E-state index in [1.807, 2.05) is 37.4 Å². The number of anilines is 2. The quantitative estimate of drug-likeness (QED) is 0.870. The summed E-state index contributed by atoms with van der Waals surface area (Å²) in [6.45, 7) is 5.13. The Balaban J connectivity index is 2.14. The van der Waals surface area contributed by atoms with Gasteiger partial charge in [-0.05, 0) is 37.1 Å². The first-order valence-electron chi connectivity index (χ1n) is 7.17. The lowest BCUT2D eigenvalue weighted by atomic mass is 10.1. The van der Waals surface area contributed by atoms with Crippen LogP contribution in [0.4, 0.5) is 11.8 Å². The minimum absolute atomic E-state index is 0.205. The maximum absolute atomic E-state index is 5.94. The third kappa shape index (κ3) is 4.08. The third-order valence-corrected chi connectivity index (χ3v) is 3.72. The second-order valence-electron chi connectivity index (χ2n) is 5.00. The van der Waals surface area contributed by atoms with Crippen LogP contribution in [-0.2, 0) is 0 Å². The standard InChI is InChI=1S/C16H21ClN4/c1-4-10-18-16-19-11-9-15(20-16)21(3)12(2)13-5-7-14(17)8-6-13/h5-9,11-12H,4,10H2,1-3H3,(H,18,19,20). The Bertz CT molecular complexity index is 571. The van der Waals surface area contributed by atoms with Crippen molar-refractivity contribution in [1.29, 1.82) is 0 Å². The van der Waals surface area contributed by atoms with E-state index in [2.05, 4.69) is 34.0 Å². The van der Waals surface area contributed by atoms with Crippen molar-refractivity contribution in [3.05, 3.63) is 47.1 Å². The maximum atomic E-state index is 5.94. The molecular weight excluding hydrogens is 284 g/mol. The molecular formula is C16H21ClN4. The zero-order valence-electron chi connectivity index (χ0n) is 12.7. The van der Waals surface area contributed by atoms with Crippen molar-refractivity contribution in [3.63, 3.8) is 0 Å². The second-order valence-corrected chi connectivity index (χ2v) is 5.44. The highest BCUT2D eigenvalue weighted by Gasteiger charge is 2.14. The molecule has 0 radical (unpaired) electrons. The van der Waals surface area contributed by atoms with Crippen LogP contribution in [0.3, 0.4) is 0 Å². The van der Waals surface area contributed by atoms with Gasteiger partial charge in [0.2, 0.25) is 5.95 Å². The summed E-state index contributed by atoms with van der Waals surface area (Å²) >= 11 is 5.94. The van der Waals surface area contributed by atoms with E-state index < -0.39 is 0 Å². The predicted octanol–water partition coefficient (Wildman–Crippen LogP) is 4.15. The number of nitrogens with one attached hydrogen (secondary N) is 1. The van der Waals surface area contributed by atoms with Gasteiger partial charge in [0.25, 0.3) is 0 Å². The summed E-state index contributed by atoms with van der Waals surface area (Å²) in [5, 5.41) is 3.96. The molecule has 1 atom stereocenters. The average molecular weight is 305 g/mol. The number of benzene rings is 1. The van der Waals surface area contributed by atoms with E-state index in [1.54, 1.807) is 6.20 Å². The molecule has 1 N–H and O–H groups in total. The predicted molar refractivity (Wildman–Crippen MR) is 89.1 cm³/mol.